The topological polar surface area (TPSA) is 64.6 Å². The van der Waals surface area contributed by atoms with Gasteiger partial charge in [0.15, 0.2) is 12.2 Å². The molecular weight excluding hydrogens is 374 g/mol. The van der Waals surface area contributed by atoms with Crippen molar-refractivity contribution in [2.24, 2.45) is 0 Å². The van der Waals surface area contributed by atoms with Crippen LogP contribution in [-0.2, 0) is 14.3 Å². The van der Waals surface area contributed by atoms with E-state index < -0.39 is 24.1 Å². The molecule has 0 saturated heterocycles. The summed E-state index contributed by atoms with van der Waals surface area (Å²) in [7, 11) is 0. The third-order valence-electron chi connectivity index (χ3n) is 3.39. The maximum Gasteiger partial charge on any atom is 0.350 e. The van der Waals surface area contributed by atoms with E-state index >= 15 is 0 Å². The maximum absolute atomic E-state index is 12.3. The first-order chi connectivity index (χ1) is 12.3. The van der Waals surface area contributed by atoms with Gasteiger partial charge in [0.05, 0.1) is 5.69 Å². The molecular formula is C19H20ClNO4S. The summed E-state index contributed by atoms with van der Waals surface area (Å²) in [6.07, 6.45) is 1.92. The first-order valence-electron chi connectivity index (χ1n) is 7.86. The number of esters is 1. The largest absolute Gasteiger partial charge is 0.476 e. The predicted octanol–water partition coefficient (Wildman–Crippen LogP) is 4.40. The van der Waals surface area contributed by atoms with Crippen molar-refractivity contribution in [3.8, 4) is 5.75 Å². The Morgan fingerprint density at radius 2 is 1.77 bits per heavy atom. The van der Waals surface area contributed by atoms with Crippen LogP contribution in [0, 0.1) is 0 Å². The molecule has 0 unspecified atom stereocenters. The third-order valence-corrected chi connectivity index (χ3v) is 4.44. The van der Waals surface area contributed by atoms with Crippen LogP contribution in [0.25, 0.3) is 0 Å². The summed E-state index contributed by atoms with van der Waals surface area (Å²) in [4.78, 5) is 25.2. The molecule has 0 bridgehead atoms. The highest BCUT2D eigenvalue weighted by Crippen LogP contribution is 2.25. The quantitative estimate of drug-likeness (QED) is 0.557. The van der Waals surface area contributed by atoms with Gasteiger partial charge >= 0.3 is 5.97 Å². The number of hydrogen-bond donors (Lipinski definition) is 1. The Morgan fingerprint density at radius 3 is 2.42 bits per heavy atom. The number of rotatable bonds is 7. The van der Waals surface area contributed by atoms with Crippen LogP contribution in [-0.4, -0.2) is 30.3 Å². The number of thioether (sulfide) groups is 1. The van der Waals surface area contributed by atoms with E-state index in [1.54, 1.807) is 44.2 Å². The molecule has 7 heteroatoms. The van der Waals surface area contributed by atoms with Crippen LogP contribution >= 0.6 is 23.4 Å². The van der Waals surface area contributed by atoms with Crippen molar-refractivity contribution in [3.63, 3.8) is 0 Å². The highest BCUT2D eigenvalue weighted by molar-refractivity contribution is 7.98. The second kappa shape index (κ2) is 8.96. The number of anilines is 1. The van der Waals surface area contributed by atoms with E-state index in [0.29, 0.717) is 16.5 Å². The Balaban J connectivity index is 1.90. The minimum Gasteiger partial charge on any atom is -0.476 e. The molecule has 1 N–H and O–H groups in total. The molecule has 0 saturated carbocycles. The highest BCUT2D eigenvalue weighted by atomic mass is 35.5. The van der Waals surface area contributed by atoms with E-state index in [1.807, 2.05) is 24.5 Å². The van der Waals surface area contributed by atoms with Crippen molar-refractivity contribution in [2.45, 2.75) is 24.3 Å². The van der Waals surface area contributed by atoms with E-state index in [1.165, 1.54) is 11.8 Å². The fraction of sp³-hybridized carbons (Fsp3) is 0.263. The lowest BCUT2D eigenvalue weighted by Crippen LogP contribution is -2.41. The number of benzene rings is 2. The summed E-state index contributed by atoms with van der Waals surface area (Å²) in [6.45, 7) is 2.75. The van der Waals surface area contributed by atoms with Gasteiger partial charge in [0.25, 0.3) is 5.91 Å². The molecule has 2 aromatic rings. The summed E-state index contributed by atoms with van der Waals surface area (Å²) >= 11 is 7.34. The molecule has 5 nitrogen and oxygen atoms in total. The second-order valence-electron chi connectivity index (χ2n) is 5.89. The maximum atomic E-state index is 12.3. The monoisotopic (exact) mass is 393 g/mol. The number of halogens is 1. The van der Waals surface area contributed by atoms with Gasteiger partial charge in [-0.25, -0.2) is 4.79 Å². The number of nitrogens with one attached hydrogen (secondary N) is 1. The minimum atomic E-state index is -1.24. The fourth-order valence-corrected chi connectivity index (χ4v) is 2.76. The highest BCUT2D eigenvalue weighted by Gasteiger charge is 2.32. The Kier molecular flexibility index (Phi) is 6.94. The lowest BCUT2D eigenvalue weighted by atomic mass is 10.1. The lowest BCUT2D eigenvalue weighted by Gasteiger charge is -2.24. The molecule has 0 heterocycles. The second-order valence-corrected chi connectivity index (χ2v) is 7.18. The van der Waals surface area contributed by atoms with E-state index in [-0.39, 0.29) is 0 Å². The number of carbonyl (C=O) groups excluding carboxylic acids is 2. The molecule has 0 spiro atoms. The molecule has 2 aromatic carbocycles. The zero-order valence-electron chi connectivity index (χ0n) is 14.7. The third kappa shape index (κ3) is 5.68. The zero-order valence-corrected chi connectivity index (χ0v) is 16.3. The molecule has 0 radical (unpaired) electrons. The Morgan fingerprint density at radius 1 is 1.12 bits per heavy atom. The van der Waals surface area contributed by atoms with Gasteiger partial charge in [0.2, 0.25) is 0 Å². The van der Waals surface area contributed by atoms with Crippen LogP contribution in [0.5, 0.6) is 5.75 Å². The smallest absolute Gasteiger partial charge is 0.350 e. The predicted molar refractivity (Wildman–Crippen MR) is 104 cm³/mol. The molecule has 138 valence electrons. The summed E-state index contributed by atoms with van der Waals surface area (Å²) in [5.41, 5.74) is -0.566. The van der Waals surface area contributed by atoms with Crippen molar-refractivity contribution >= 4 is 40.9 Å². The van der Waals surface area contributed by atoms with Crippen LogP contribution in [0.15, 0.2) is 53.4 Å². The van der Waals surface area contributed by atoms with Crippen molar-refractivity contribution in [2.75, 3.05) is 18.2 Å². The number of para-hydroxylation sites is 1. The summed E-state index contributed by atoms with van der Waals surface area (Å²) < 4.78 is 10.7. The van der Waals surface area contributed by atoms with Crippen LogP contribution in [0.4, 0.5) is 5.69 Å². The van der Waals surface area contributed by atoms with Crippen molar-refractivity contribution in [1.29, 1.82) is 0 Å². The Labute approximate surface area is 162 Å². The molecule has 0 fully saturated rings. The summed E-state index contributed by atoms with van der Waals surface area (Å²) in [6, 6.07) is 14.0. The van der Waals surface area contributed by atoms with Gasteiger partial charge in [0, 0.05) is 9.92 Å². The molecule has 2 rings (SSSR count). The minimum absolute atomic E-state index is 0.394. The van der Waals surface area contributed by atoms with Crippen LogP contribution in [0.1, 0.15) is 13.8 Å². The summed E-state index contributed by atoms with van der Waals surface area (Å²) in [5, 5.41) is 3.30. The van der Waals surface area contributed by atoms with Gasteiger partial charge in [-0.2, -0.15) is 0 Å². The van der Waals surface area contributed by atoms with E-state index in [2.05, 4.69) is 5.32 Å². The molecule has 0 aliphatic heterocycles. The van der Waals surface area contributed by atoms with Crippen molar-refractivity contribution in [1.82, 2.24) is 0 Å². The van der Waals surface area contributed by atoms with Gasteiger partial charge in [-0.3, -0.25) is 4.79 Å². The van der Waals surface area contributed by atoms with Crippen LogP contribution in [0.2, 0.25) is 5.02 Å². The Hall–Kier alpha value is -2.18. The van der Waals surface area contributed by atoms with E-state index in [9.17, 15) is 9.59 Å². The molecule has 0 aliphatic carbocycles. The Bertz CT molecular complexity index is 777. The van der Waals surface area contributed by atoms with E-state index in [4.69, 9.17) is 21.1 Å². The van der Waals surface area contributed by atoms with Crippen LogP contribution in [0.3, 0.4) is 0 Å². The number of carbonyl (C=O) groups is 2. The fourth-order valence-electron chi connectivity index (χ4n) is 2.08. The van der Waals surface area contributed by atoms with Gasteiger partial charge in [0.1, 0.15) is 5.75 Å². The van der Waals surface area contributed by atoms with Gasteiger partial charge in [-0.05, 0) is 56.5 Å². The first-order valence-corrected chi connectivity index (χ1v) is 9.47. The molecule has 26 heavy (non-hydrogen) atoms. The number of amides is 1. The number of ether oxygens (including phenoxy) is 2. The average Bonchev–Trinajstić information content (AvgIpc) is 2.62. The first kappa shape index (κ1) is 20.1. The van der Waals surface area contributed by atoms with Gasteiger partial charge in [-0.1, -0.05) is 23.7 Å². The van der Waals surface area contributed by atoms with E-state index in [0.717, 1.165) is 4.90 Å². The molecule has 0 aromatic heterocycles. The SMILES string of the molecule is CSc1ccccc1NC(=O)COC(=O)C(C)(C)Oc1ccc(Cl)cc1. The molecule has 1 amide bonds. The van der Waals surface area contributed by atoms with Crippen molar-refractivity contribution < 1.29 is 19.1 Å². The lowest BCUT2D eigenvalue weighted by molar-refractivity contribution is -0.161. The zero-order chi connectivity index (χ0) is 19.2. The normalized spacial score (nSPS) is 10.9. The van der Waals surface area contributed by atoms with Crippen molar-refractivity contribution in [3.05, 3.63) is 53.6 Å². The summed E-state index contributed by atoms with van der Waals surface area (Å²) in [5.74, 6) is -0.572. The van der Waals surface area contributed by atoms with Crippen LogP contribution < -0.4 is 10.1 Å². The molecule has 0 aliphatic rings. The number of hydrogen-bond acceptors (Lipinski definition) is 5. The average molecular weight is 394 g/mol. The molecule has 0 atom stereocenters. The van der Waals surface area contributed by atoms with Gasteiger partial charge < -0.3 is 14.8 Å². The van der Waals surface area contributed by atoms with Gasteiger partial charge in [-0.15, -0.1) is 11.8 Å². The standard InChI is InChI=1S/C19H20ClNO4S/c1-19(2,25-14-10-8-13(20)9-11-14)18(23)24-12-17(22)21-15-6-4-5-7-16(15)26-3/h4-11H,12H2,1-3H3,(H,21,22).